The van der Waals surface area contributed by atoms with Crippen molar-refractivity contribution in [1.29, 1.82) is 0 Å². The number of carbonyl (C=O) groups is 1. The second-order valence-corrected chi connectivity index (χ2v) is 6.59. The van der Waals surface area contributed by atoms with Crippen LogP contribution in [0.4, 0.5) is 4.79 Å². The molecule has 0 unspecified atom stereocenters. The molecule has 1 saturated heterocycles. The Morgan fingerprint density at radius 2 is 2.08 bits per heavy atom. The number of hydrogen-bond acceptors (Lipinski definition) is 5. The molecule has 7 nitrogen and oxygen atoms in total. The highest BCUT2D eigenvalue weighted by Gasteiger charge is 2.28. The number of likely N-dealkylation sites (tertiary alicyclic amines) is 1. The molecule has 1 fully saturated rings. The lowest BCUT2D eigenvalue weighted by Crippen LogP contribution is -2.44. The molecule has 1 aromatic carbocycles. The molecular formula is C18H25N5O2. The second kappa shape index (κ2) is 7.65. The number of hydrogen-bond donors (Lipinski definition) is 2. The molecule has 2 amide bonds. The van der Waals surface area contributed by atoms with Gasteiger partial charge in [0.25, 0.3) is 0 Å². The minimum absolute atomic E-state index is 0.141. The number of aromatic nitrogens is 2. The Morgan fingerprint density at radius 1 is 1.32 bits per heavy atom. The Hall–Kier alpha value is -2.41. The standard InChI is InChI=1S/C18H25N5O2/c1-12(17-20-14(3)22-25-17)19-18(24)21-16-9-10-23(11-16)13(2)15-7-5-4-6-8-15/h4-8,12-13,16H,9-11H2,1-3H3,(H2,19,21,24)/t12-,13-,16-/m0/s1. The molecule has 0 radical (unpaired) electrons. The first-order chi connectivity index (χ1) is 12.0. The summed E-state index contributed by atoms with van der Waals surface area (Å²) in [6, 6.07) is 10.4. The lowest BCUT2D eigenvalue weighted by atomic mass is 10.1. The second-order valence-electron chi connectivity index (χ2n) is 6.59. The van der Waals surface area contributed by atoms with Crippen molar-refractivity contribution < 1.29 is 9.32 Å². The topological polar surface area (TPSA) is 83.3 Å². The van der Waals surface area contributed by atoms with Crippen molar-refractivity contribution in [2.24, 2.45) is 0 Å². The molecule has 2 N–H and O–H groups in total. The zero-order valence-electron chi connectivity index (χ0n) is 14.9. The van der Waals surface area contributed by atoms with Crippen molar-refractivity contribution in [3.63, 3.8) is 0 Å². The third kappa shape index (κ3) is 4.36. The van der Waals surface area contributed by atoms with E-state index < -0.39 is 0 Å². The summed E-state index contributed by atoms with van der Waals surface area (Å²) in [6.07, 6.45) is 0.943. The molecule has 0 bridgehead atoms. The summed E-state index contributed by atoms with van der Waals surface area (Å²) in [4.78, 5) is 18.7. The van der Waals surface area contributed by atoms with E-state index in [1.807, 2.05) is 13.0 Å². The van der Waals surface area contributed by atoms with Crippen LogP contribution in [0.15, 0.2) is 34.9 Å². The summed E-state index contributed by atoms with van der Waals surface area (Å²) in [5.74, 6) is 0.976. The zero-order chi connectivity index (χ0) is 17.8. The zero-order valence-corrected chi connectivity index (χ0v) is 14.9. The van der Waals surface area contributed by atoms with Gasteiger partial charge in [0.05, 0.1) is 0 Å². The first kappa shape index (κ1) is 17.4. The van der Waals surface area contributed by atoms with Crippen molar-refractivity contribution >= 4 is 6.03 Å². The van der Waals surface area contributed by atoms with Gasteiger partial charge < -0.3 is 15.2 Å². The molecule has 2 aromatic rings. The van der Waals surface area contributed by atoms with Gasteiger partial charge in [0, 0.05) is 25.2 Å². The number of nitrogens with one attached hydrogen (secondary N) is 2. The molecule has 3 rings (SSSR count). The van der Waals surface area contributed by atoms with Crippen LogP contribution in [-0.2, 0) is 0 Å². The Kier molecular flexibility index (Phi) is 5.33. The summed E-state index contributed by atoms with van der Waals surface area (Å²) in [5.41, 5.74) is 1.30. The van der Waals surface area contributed by atoms with Crippen LogP contribution < -0.4 is 10.6 Å². The monoisotopic (exact) mass is 343 g/mol. The van der Waals surface area contributed by atoms with E-state index in [-0.39, 0.29) is 18.1 Å². The highest BCUT2D eigenvalue weighted by Crippen LogP contribution is 2.24. The van der Waals surface area contributed by atoms with E-state index in [1.54, 1.807) is 6.92 Å². The number of urea groups is 1. The third-order valence-electron chi connectivity index (χ3n) is 4.65. The minimum Gasteiger partial charge on any atom is -0.337 e. The van der Waals surface area contributed by atoms with E-state index in [0.717, 1.165) is 19.5 Å². The smallest absolute Gasteiger partial charge is 0.315 e. The minimum atomic E-state index is -0.318. The van der Waals surface area contributed by atoms with Gasteiger partial charge in [-0.2, -0.15) is 4.98 Å². The van der Waals surface area contributed by atoms with Gasteiger partial charge in [-0.05, 0) is 32.8 Å². The Bertz CT molecular complexity index is 703. The predicted molar refractivity (Wildman–Crippen MR) is 94.0 cm³/mol. The molecule has 7 heteroatoms. The van der Waals surface area contributed by atoms with Crippen LogP contribution in [0.3, 0.4) is 0 Å². The third-order valence-corrected chi connectivity index (χ3v) is 4.65. The Balaban J connectivity index is 1.48. The summed E-state index contributed by atoms with van der Waals surface area (Å²) in [5, 5.41) is 9.63. The van der Waals surface area contributed by atoms with E-state index in [9.17, 15) is 4.79 Å². The molecule has 134 valence electrons. The molecular weight excluding hydrogens is 318 g/mol. The van der Waals surface area contributed by atoms with Crippen molar-refractivity contribution in [2.75, 3.05) is 13.1 Å². The van der Waals surface area contributed by atoms with E-state index >= 15 is 0 Å². The molecule has 1 aromatic heterocycles. The van der Waals surface area contributed by atoms with Crippen LogP contribution in [0, 0.1) is 6.92 Å². The average molecular weight is 343 g/mol. The fourth-order valence-electron chi connectivity index (χ4n) is 3.17. The summed E-state index contributed by atoms with van der Waals surface area (Å²) >= 11 is 0. The van der Waals surface area contributed by atoms with Gasteiger partial charge >= 0.3 is 6.03 Å². The number of aryl methyl sites for hydroxylation is 1. The molecule has 3 atom stereocenters. The molecule has 0 spiro atoms. The van der Waals surface area contributed by atoms with E-state index in [4.69, 9.17) is 4.52 Å². The SMILES string of the molecule is Cc1noc([C@H](C)NC(=O)N[C@H]2CCN([C@@H](C)c3ccccc3)C2)n1. The fourth-order valence-corrected chi connectivity index (χ4v) is 3.17. The molecule has 1 aliphatic rings. The molecule has 25 heavy (non-hydrogen) atoms. The number of rotatable bonds is 5. The molecule has 2 heterocycles. The Morgan fingerprint density at radius 3 is 2.76 bits per heavy atom. The van der Waals surface area contributed by atoms with Crippen LogP contribution in [0.5, 0.6) is 0 Å². The van der Waals surface area contributed by atoms with Gasteiger partial charge in [-0.3, -0.25) is 4.90 Å². The first-order valence-corrected chi connectivity index (χ1v) is 8.69. The first-order valence-electron chi connectivity index (χ1n) is 8.69. The number of carbonyl (C=O) groups excluding carboxylic acids is 1. The summed E-state index contributed by atoms with van der Waals surface area (Å²) in [6.45, 7) is 7.60. The maximum atomic E-state index is 12.2. The lowest BCUT2D eigenvalue weighted by molar-refractivity contribution is 0.226. The van der Waals surface area contributed by atoms with Crippen LogP contribution in [0.25, 0.3) is 0 Å². The summed E-state index contributed by atoms with van der Waals surface area (Å²) < 4.78 is 5.08. The Labute approximate surface area is 147 Å². The maximum absolute atomic E-state index is 12.2. The van der Waals surface area contributed by atoms with Crippen molar-refractivity contribution in [3.05, 3.63) is 47.6 Å². The van der Waals surface area contributed by atoms with Crippen LogP contribution in [0.2, 0.25) is 0 Å². The van der Waals surface area contributed by atoms with Crippen LogP contribution in [-0.4, -0.2) is 40.2 Å². The van der Waals surface area contributed by atoms with Gasteiger partial charge in [-0.25, -0.2) is 4.79 Å². The normalized spacial score (nSPS) is 20.2. The lowest BCUT2D eigenvalue weighted by Gasteiger charge is -2.25. The van der Waals surface area contributed by atoms with E-state index in [2.05, 4.69) is 56.9 Å². The van der Waals surface area contributed by atoms with Gasteiger partial charge in [0.15, 0.2) is 5.82 Å². The molecule has 1 aliphatic heterocycles. The summed E-state index contributed by atoms with van der Waals surface area (Å²) in [7, 11) is 0. The van der Waals surface area contributed by atoms with Gasteiger partial charge in [0.2, 0.25) is 5.89 Å². The van der Waals surface area contributed by atoms with Gasteiger partial charge in [-0.15, -0.1) is 0 Å². The van der Waals surface area contributed by atoms with E-state index in [0.29, 0.717) is 17.8 Å². The fraction of sp³-hybridized carbons (Fsp3) is 0.500. The predicted octanol–water partition coefficient (Wildman–Crippen LogP) is 2.57. The quantitative estimate of drug-likeness (QED) is 0.872. The van der Waals surface area contributed by atoms with Crippen molar-refractivity contribution in [3.8, 4) is 0 Å². The maximum Gasteiger partial charge on any atom is 0.315 e. The van der Waals surface area contributed by atoms with E-state index in [1.165, 1.54) is 5.56 Å². The number of benzene rings is 1. The van der Waals surface area contributed by atoms with Gasteiger partial charge in [-0.1, -0.05) is 35.5 Å². The highest BCUT2D eigenvalue weighted by atomic mass is 16.5. The highest BCUT2D eigenvalue weighted by molar-refractivity contribution is 5.74. The number of amides is 2. The van der Waals surface area contributed by atoms with Crippen molar-refractivity contribution in [1.82, 2.24) is 25.7 Å². The average Bonchev–Trinajstić information content (AvgIpc) is 3.24. The van der Waals surface area contributed by atoms with Crippen molar-refractivity contribution in [2.45, 2.75) is 45.3 Å². The van der Waals surface area contributed by atoms with Crippen LogP contribution in [0.1, 0.15) is 49.6 Å². The molecule has 0 aliphatic carbocycles. The van der Waals surface area contributed by atoms with Gasteiger partial charge in [0.1, 0.15) is 6.04 Å². The largest absolute Gasteiger partial charge is 0.337 e. The number of nitrogens with zero attached hydrogens (tertiary/aromatic N) is 3. The molecule has 0 saturated carbocycles. The van der Waals surface area contributed by atoms with Crippen LogP contribution >= 0.6 is 0 Å².